The normalized spacial score (nSPS) is 22.7. The molecule has 7 nitrogen and oxygen atoms in total. The Hall–Kier alpha value is -2.35. The molecule has 3 rings (SSSR count). The van der Waals surface area contributed by atoms with E-state index >= 15 is 0 Å². The van der Waals surface area contributed by atoms with Gasteiger partial charge < -0.3 is 11.1 Å². The average Bonchev–Trinajstić information content (AvgIpc) is 2.94. The van der Waals surface area contributed by atoms with Crippen LogP contribution in [-0.4, -0.2) is 46.6 Å². The topological polar surface area (TPSA) is 110 Å². The van der Waals surface area contributed by atoms with Crippen molar-refractivity contribution in [3.63, 3.8) is 0 Å². The highest BCUT2D eigenvalue weighted by molar-refractivity contribution is 7.98. The van der Waals surface area contributed by atoms with E-state index in [1.807, 2.05) is 6.26 Å². The molecule has 3 N–H and O–H groups in total. The number of imide groups is 1. The minimum Gasteiger partial charge on any atom is -0.366 e. The van der Waals surface area contributed by atoms with Gasteiger partial charge in [-0.25, -0.2) is 0 Å². The molecule has 2 aliphatic rings. The van der Waals surface area contributed by atoms with Crippen molar-refractivity contribution in [3.8, 4) is 0 Å². The lowest BCUT2D eigenvalue weighted by Crippen LogP contribution is -2.48. The summed E-state index contributed by atoms with van der Waals surface area (Å²) in [6.45, 7) is 0. The molecule has 1 heterocycles. The van der Waals surface area contributed by atoms with Crippen LogP contribution in [0.4, 0.5) is 5.69 Å². The average molecular weight is 404 g/mol. The summed E-state index contributed by atoms with van der Waals surface area (Å²) in [6, 6.07) is 5.45. The molecule has 28 heavy (non-hydrogen) atoms. The summed E-state index contributed by atoms with van der Waals surface area (Å²) in [5, 5.41) is 2.74. The van der Waals surface area contributed by atoms with Crippen LogP contribution in [-0.2, 0) is 14.4 Å². The maximum atomic E-state index is 13.0. The number of hydrogen-bond acceptors (Lipinski definition) is 5. The number of nitrogens with zero attached hydrogens (tertiary/aromatic N) is 1. The molecule has 0 unspecified atom stereocenters. The standard InChI is InChI=1S/C20H25N3O4S/c1-28-10-9-16(18(25)22-13-6-4-5-12(11-13)17(21)24)23-19(26)14-7-2-3-8-15(14)20(23)27/h4-6,11,14-16H,2-3,7-10H2,1H3,(H2,21,24)(H,22,25)/t14-,15+,16-/m1/s1. The molecule has 0 radical (unpaired) electrons. The van der Waals surface area contributed by atoms with Crippen molar-refractivity contribution >= 4 is 41.1 Å². The van der Waals surface area contributed by atoms with Crippen molar-refractivity contribution in [2.24, 2.45) is 17.6 Å². The van der Waals surface area contributed by atoms with Crippen LogP contribution < -0.4 is 11.1 Å². The van der Waals surface area contributed by atoms with E-state index < -0.39 is 17.9 Å². The number of fused-ring (bicyclic) bond motifs is 1. The van der Waals surface area contributed by atoms with Gasteiger partial charge in [0.1, 0.15) is 6.04 Å². The third kappa shape index (κ3) is 4.06. The van der Waals surface area contributed by atoms with Gasteiger partial charge in [-0.3, -0.25) is 24.1 Å². The molecule has 1 aromatic rings. The zero-order valence-corrected chi connectivity index (χ0v) is 16.7. The van der Waals surface area contributed by atoms with E-state index in [-0.39, 0.29) is 29.2 Å². The Morgan fingerprint density at radius 1 is 1.21 bits per heavy atom. The summed E-state index contributed by atoms with van der Waals surface area (Å²) >= 11 is 1.56. The van der Waals surface area contributed by atoms with Gasteiger partial charge in [0.05, 0.1) is 11.8 Å². The van der Waals surface area contributed by atoms with Crippen LogP contribution >= 0.6 is 11.8 Å². The van der Waals surface area contributed by atoms with E-state index in [4.69, 9.17) is 5.73 Å². The summed E-state index contributed by atoms with van der Waals surface area (Å²) in [6.07, 6.45) is 5.61. The number of benzene rings is 1. The predicted molar refractivity (Wildman–Crippen MR) is 108 cm³/mol. The van der Waals surface area contributed by atoms with Crippen molar-refractivity contribution in [1.29, 1.82) is 0 Å². The summed E-state index contributed by atoms with van der Waals surface area (Å²) in [4.78, 5) is 51.4. The van der Waals surface area contributed by atoms with Crippen LogP contribution in [0.3, 0.4) is 0 Å². The Morgan fingerprint density at radius 2 is 1.86 bits per heavy atom. The second-order valence-electron chi connectivity index (χ2n) is 7.28. The largest absolute Gasteiger partial charge is 0.366 e. The van der Waals surface area contributed by atoms with Crippen molar-refractivity contribution in [2.75, 3.05) is 17.3 Å². The molecule has 2 fully saturated rings. The lowest BCUT2D eigenvalue weighted by Gasteiger charge is -2.26. The Morgan fingerprint density at radius 3 is 2.43 bits per heavy atom. The molecule has 8 heteroatoms. The van der Waals surface area contributed by atoms with Gasteiger partial charge in [0.2, 0.25) is 23.6 Å². The number of rotatable bonds is 7. The number of carbonyl (C=O) groups excluding carboxylic acids is 4. The minimum absolute atomic E-state index is 0.221. The molecule has 1 saturated carbocycles. The van der Waals surface area contributed by atoms with Crippen LogP contribution in [0.1, 0.15) is 42.5 Å². The van der Waals surface area contributed by atoms with Crippen molar-refractivity contribution in [2.45, 2.75) is 38.1 Å². The molecule has 1 aliphatic heterocycles. The van der Waals surface area contributed by atoms with E-state index in [1.54, 1.807) is 30.0 Å². The molecule has 150 valence electrons. The van der Waals surface area contributed by atoms with Crippen LogP contribution in [0.5, 0.6) is 0 Å². The third-order valence-corrected chi connectivity index (χ3v) is 6.14. The number of anilines is 1. The minimum atomic E-state index is -0.852. The molecule has 0 aromatic heterocycles. The third-order valence-electron chi connectivity index (χ3n) is 5.50. The second kappa shape index (κ2) is 8.77. The molecular formula is C20H25N3O4S. The van der Waals surface area contributed by atoms with Crippen molar-refractivity contribution in [1.82, 2.24) is 4.90 Å². The number of primary amides is 1. The molecule has 1 saturated heterocycles. The van der Waals surface area contributed by atoms with Crippen molar-refractivity contribution in [3.05, 3.63) is 29.8 Å². The first-order valence-corrected chi connectivity index (χ1v) is 10.9. The first-order valence-electron chi connectivity index (χ1n) is 9.50. The van der Waals surface area contributed by atoms with Crippen LogP contribution in [0.25, 0.3) is 0 Å². The van der Waals surface area contributed by atoms with Gasteiger partial charge in [-0.15, -0.1) is 0 Å². The molecule has 0 bridgehead atoms. The highest BCUT2D eigenvalue weighted by Gasteiger charge is 2.51. The Kier molecular flexibility index (Phi) is 6.39. The van der Waals surface area contributed by atoms with E-state index in [2.05, 4.69) is 5.32 Å². The molecule has 3 atom stereocenters. The smallest absolute Gasteiger partial charge is 0.248 e. The molecule has 4 amide bonds. The first kappa shape index (κ1) is 20.4. The fourth-order valence-corrected chi connectivity index (χ4v) is 4.54. The predicted octanol–water partition coefficient (Wildman–Crippen LogP) is 2.02. The van der Waals surface area contributed by atoms with Gasteiger partial charge in [-0.2, -0.15) is 11.8 Å². The lowest BCUT2D eigenvalue weighted by atomic mass is 9.81. The Balaban J connectivity index is 1.82. The van der Waals surface area contributed by atoms with Crippen LogP contribution in [0.2, 0.25) is 0 Å². The van der Waals surface area contributed by atoms with E-state index in [1.165, 1.54) is 11.0 Å². The highest BCUT2D eigenvalue weighted by Crippen LogP contribution is 2.39. The summed E-state index contributed by atoms with van der Waals surface area (Å²) in [7, 11) is 0. The number of hydrogen-bond donors (Lipinski definition) is 2. The van der Waals surface area contributed by atoms with Crippen LogP contribution in [0, 0.1) is 11.8 Å². The van der Waals surface area contributed by atoms with Gasteiger partial charge in [0, 0.05) is 11.3 Å². The van der Waals surface area contributed by atoms with Crippen molar-refractivity contribution < 1.29 is 19.2 Å². The quantitative estimate of drug-likeness (QED) is 0.677. The van der Waals surface area contributed by atoms with E-state index in [9.17, 15) is 19.2 Å². The number of nitrogens with one attached hydrogen (secondary N) is 1. The first-order chi connectivity index (χ1) is 13.4. The number of amides is 4. The van der Waals surface area contributed by atoms with E-state index in [0.29, 0.717) is 30.7 Å². The molecule has 0 spiro atoms. The maximum Gasteiger partial charge on any atom is 0.248 e. The van der Waals surface area contributed by atoms with E-state index in [0.717, 1.165) is 12.8 Å². The maximum absolute atomic E-state index is 13.0. The van der Waals surface area contributed by atoms with Gasteiger partial charge in [0.15, 0.2) is 0 Å². The van der Waals surface area contributed by atoms with Gasteiger partial charge in [0.25, 0.3) is 0 Å². The fraction of sp³-hybridized carbons (Fsp3) is 0.500. The fourth-order valence-electron chi connectivity index (χ4n) is 4.08. The summed E-state index contributed by atoms with van der Waals surface area (Å²) in [5.41, 5.74) is 5.98. The summed E-state index contributed by atoms with van der Waals surface area (Å²) in [5.74, 6) is -1.39. The number of thioether (sulfide) groups is 1. The number of nitrogens with two attached hydrogens (primary N) is 1. The molecular weight excluding hydrogens is 378 g/mol. The van der Waals surface area contributed by atoms with Crippen LogP contribution in [0.15, 0.2) is 24.3 Å². The molecule has 1 aliphatic carbocycles. The number of likely N-dealkylation sites (tertiary alicyclic amines) is 1. The van der Waals surface area contributed by atoms with Gasteiger partial charge in [-0.1, -0.05) is 18.9 Å². The zero-order valence-electron chi connectivity index (χ0n) is 15.8. The highest BCUT2D eigenvalue weighted by atomic mass is 32.2. The monoisotopic (exact) mass is 403 g/mol. The summed E-state index contributed by atoms with van der Waals surface area (Å²) < 4.78 is 0. The van der Waals surface area contributed by atoms with Gasteiger partial charge >= 0.3 is 0 Å². The number of carbonyl (C=O) groups is 4. The lowest BCUT2D eigenvalue weighted by molar-refractivity contribution is -0.146. The second-order valence-corrected chi connectivity index (χ2v) is 8.26. The SMILES string of the molecule is CSCC[C@H](C(=O)Nc1cccc(C(N)=O)c1)N1C(=O)[C@H]2CCCC[C@H]2C1=O. The Labute approximate surface area is 168 Å². The Bertz CT molecular complexity index is 773. The van der Waals surface area contributed by atoms with Gasteiger partial charge in [-0.05, 0) is 49.5 Å². The zero-order chi connectivity index (χ0) is 20.3. The molecule has 1 aromatic carbocycles.